The number of carbonyl (C=O) groups excluding carboxylic acids is 3. The zero-order valence-corrected chi connectivity index (χ0v) is 14.5. The molecule has 2 amide bonds. The van der Waals surface area contributed by atoms with Gasteiger partial charge in [0, 0.05) is 6.92 Å². The Balaban J connectivity index is 1.63. The first-order chi connectivity index (χ1) is 12.6. The van der Waals surface area contributed by atoms with Gasteiger partial charge < -0.3 is 4.84 Å². The molecule has 0 aromatic carbocycles. The number of aromatic amines is 1. The molecule has 0 saturated carbocycles. The summed E-state index contributed by atoms with van der Waals surface area (Å²) in [6.07, 6.45) is -4.95. The van der Waals surface area contributed by atoms with Crippen LogP contribution in [0.1, 0.15) is 12.5 Å². The fourth-order valence-corrected chi connectivity index (χ4v) is 3.04. The van der Waals surface area contributed by atoms with Crippen LogP contribution >= 0.6 is 11.6 Å². The summed E-state index contributed by atoms with van der Waals surface area (Å²) >= 11 is 5.81. The molecule has 1 aromatic heterocycles. The number of rotatable bonds is 5. The Kier molecular flexibility index (Phi) is 4.81. The second kappa shape index (κ2) is 6.80. The molecule has 2 N–H and O–H groups in total. The molecular formula is C15H13ClF3N4O4+. The van der Waals surface area contributed by atoms with Crippen molar-refractivity contribution in [3.05, 3.63) is 22.8 Å². The first-order valence-electron chi connectivity index (χ1n) is 7.73. The van der Waals surface area contributed by atoms with Gasteiger partial charge in [-0.1, -0.05) is 16.8 Å². The van der Waals surface area contributed by atoms with Gasteiger partial charge in [-0.05, 0) is 6.07 Å². The number of likely N-dealkylation sites (tertiary alicyclic amines) is 1. The quantitative estimate of drug-likeness (QED) is 0.734. The Hall–Kier alpha value is -2.69. The van der Waals surface area contributed by atoms with E-state index in [0.29, 0.717) is 0 Å². The molecule has 2 aliphatic rings. The average Bonchev–Trinajstić information content (AvgIpc) is 3.11. The fourth-order valence-electron chi connectivity index (χ4n) is 2.80. The van der Waals surface area contributed by atoms with Crippen LogP contribution in [-0.2, 0) is 25.4 Å². The molecule has 2 atom stereocenters. The Morgan fingerprint density at radius 3 is 2.70 bits per heavy atom. The predicted molar refractivity (Wildman–Crippen MR) is 84.7 cm³/mol. The molecule has 27 heavy (non-hydrogen) atoms. The number of Topliss-reactive ketones (excluding diaryl/α,β-unsaturated/α-hetero) is 1. The molecule has 3 heterocycles. The van der Waals surface area contributed by atoms with Gasteiger partial charge >= 0.3 is 6.18 Å². The van der Waals surface area contributed by atoms with Crippen molar-refractivity contribution < 1.29 is 37.4 Å². The maximum atomic E-state index is 12.6. The van der Waals surface area contributed by atoms with Crippen LogP contribution in [-0.4, -0.2) is 47.4 Å². The van der Waals surface area contributed by atoms with Crippen molar-refractivity contribution in [2.45, 2.75) is 19.2 Å². The minimum atomic E-state index is -4.54. The number of aromatic nitrogens is 1. The van der Waals surface area contributed by atoms with Crippen LogP contribution in [0.25, 0.3) is 0 Å². The molecule has 2 aliphatic heterocycles. The van der Waals surface area contributed by atoms with E-state index in [-0.39, 0.29) is 29.6 Å². The minimum absolute atomic E-state index is 0.0189. The van der Waals surface area contributed by atoms with Crippen LogP contribution in [0.4, 0.5) is 19.0 Å². The summed E-state index contributed by atoms with van der Waals surface area (Å²) < 4.78 is 37.9. The number of halogens is 4. The molecule has 1 fully saturated rings. The summed E-state index contributed by atoms with van der Waals surface area (Å²) in [5, 5.41) is 6.01. The highest BCUT2D eigenvalue weighted by molar-refractivity contribution is 6.45. The molecule has 1 saturated heterocycles. The average molecular weight is 406 g/mol. The summed E-state index contributed by atoms with van der Waals surface area (Å²) in [5.41, 5.74) is -1.04. The molecular weight excluding hydrogens is 393 g/mol. The lowest BCUT2D eigenvalue weighted by Gasteiger charge is -2.14. The van der Waals surface area contributed by atoms with Gasteiger partial charge in [0.1, 0.15) is 29.4 Å². The number of carbonyl (C=O) groups is 3. The Labute approximate surface area is 155 Å². The van der Waals surface area contributed by atoms with E-state index in [0.717, 1.165) is 17.2 Å². The number of hydrogen-bond acceptors (Lipinski definition) is 6. The van der Waals surface area contributed by atoms with Crippen molar-refractivity contribution in [1.82, 2.24) is 4.90 Å². The van der Waals surface area contributed by atoms with Gasteiger partial charge in [0.05, 0.1) is 12.1 Å². The molecule has 144 valence electrons. The molecule has 0 unspecified atom stereocenters. The van der Waals surface area contributed by atoms with Crippen molar-refractivity contribution in [2.75, 3.05) is 18.4 Å². The number of fused-ring (bicyclic) bond motifs is 1. The highest BCUT2D eigenvalue weighted by Crippen LogP contribution is 2.32. The number of nitrogens with one attached hydrogen (secondary N) is 2. The van der Waals surface area contributed by atoms with Gasteiger partial charge in [-0.2, -0.15) is 13.2 Å². The Morgan fingerprint density at radius 1 is 1.41 bits per heavy atom. The number of pyridine rings is 1. The van der Waals surface area contributed by atoms with Crippen molar-refractivity contribution >= 4 is 40.7 Å². The van der Waals surface area contributed by atoms with Gasteiger partial charge in [-0.25, -0.2) is 4.98 Å². The lowest BCUT2D eigenvalue weighted by atomic mass is 9.97. The standard InChI is InChI=1S/C15H12ClF3N4O4/c1-6(24)10-9-11(27-22-10)14(26)23(13(9)25)3-2-20-12-8(16)4-7(5-21-12)15(17,18)19/h4-5,9,11H,2-3H2,1H3,(H,20,21)/p+1/t9-,11-/m0/s1. The number of ketones is 1. The van der Waals surface area contributed by atoms with Gasteiger partial charge in [0.15, 0.2) is 5.78 Å². The van der Waals surface area contributed by atoms with Crippen molar-refractivity contribution in [3.63, 3.8) is 0 Å². The largest absolute Gasteiger partial charge is 0.419 e. The molecule has 0 bridgehead atoms. The van der Waals surface area contributed by atoms with Crippen LogP contribution in [0.3, 0.4) is 0 Å². The first-order valence-corrected chi connectivity index (χ1v) is 8.11. The second-order valence-electron chi connectivity index (χ2n) is 5.90. The zero-order valence-electron chi connectivity index (χ0n) is 13.8. The van der Waals surface area contributed by atoms with Crippen LogP contribution in [0.15, 0.2) is 17.4 Å². The third-order valence-electron chi connectivity index (χ3n) is 4.12. The number of nitrogens with zero attached hydrogens (tertiary/aromatic N) is 2. The van der Waals surface area contributed by atoms with E-state index in [1.54, 1.807) is 0 Å². The molecule has 0 spiro atoms. The molecule has 0 radical (unpaired) electrons. The van der Waals surface area contributed by atoms with E-state index in [2.05, 4.69) is 15.5 Å². The highest BCUT2D eigenvalue weighted by atomic mass is 35.5. The third kappa shape index (κ3) is 3.46. The zero-order chi connectivity index (χ0) is 19.9. The van der Waals surface area contributed by atoms with Gasteiger partial charge in [-0.3, -0.25) is 24.6 Å². The van der Waals surface area contributed by atoms with Gasteiger partial charge in [0.25, 0.3) is 11.7 Å². The number of imide groups is 1. The number of amides is 2. The summed E-state index contributed by atoms with van der Waals surface area (Å²) in [6.45, 7) is 1.14. The SMILES string of the molecule is CC(=O)C1=NO[C@@H]2C(=O)N(CCNc3[nH+]cc(C(F)(F)F)cc3Cl)C(=O)[C@@H]12. The topological polar surface area (TPSA) is 102 Å². The fraction of sp³-hybridized carbons (Fsp3) is 0.400. The van der Waals surface area contributed by atoms with E-state index in [9.17, 15) is 27.6 Å². The summed E-state index contributed by atoms with van der Waals surface area (Å²) in [7, 11) is 0. The Morgan fingerprint density at radius 2 is 2.11 bits per heavy atom. The summed E-state index contributed by atoms with van der Waals surface area (Å²) in [6, 6.07) is 0.750. The van der Waals surface area contributed by atoms with Crippen molar-refractivity contribution in [3.8, 4) is 0 Å². The second-order valence-corrected chi connectivity index (χ2v) is 6.31. The Bertz CT molecular complexity index is 858. The number of hydrogen-bond donors (Lipinski definition) is 1. The molecule has 1 aromatic rings. The first kappa shape index (κ1) is 19.1. The van der Waals surface area contributed by atoms with E-state index < -0.39 is 41.4 Å². The van der Waals surface area contributed by atoms with Gasteiger partial charge in [-0.15, -0.1) is 0 Å². The number of H-pyrrole nitrogens is 1. The van der Waals surface area contributed by atoms with Crippen LogP contribution < -0.4 is 10.3 Å². The summed E-state index contributed by atoms with van der Waals surface area (Å²) in [5.74, 6) is -2.66. The molecule has 12 heteroatoms. The maximum Gasteiger partial charge on any atom is 0.419 e. The predicted octanol–water partition coefficient (Wildman–Crippen LogP) is 0.914. The van der Waals surface area contributed by atoms with Gasteiger partial charge in [0.2, 0.25) is 12.0 Å². The maximum absolute atomic E-state index is 12.6. The summed E-state index contributed by atoms with van der Waals surface area (Å²) in [4.78, 5) is 44.3. The lowest BCUT2D eigenvalue weighted by Crippen LogP contribution is -2.37. The lowest BCUT2D eigenvalue weighted by molar-refractivity contribution is -0.364. The minimum Gasteiger partial charge on any atom is -0.381 e. The van der Waals surface area contributed by atoms with Crippen LogP contribution in [0, 0.1) is 5.92 Å². The third-order valence-corrected chi connectivity index (χ3v) is 4.42. The van der Waals surface area contributed by atoms with E-state index in [1.807, 2.05) is 0 Å². The number of oxime groups is 1. The number of anilines is 1. The molecule has 0 aliphatic carbocycles. The van der Waals surface area contributed by atoms with E-state index in [4.69, 9.17) is 16.4 Å². The van der Waals surface area contributed by atoms with E-state index in [1.165, 1.54) is 6.92 Å². The molecule has 8 nitrogen and oxygen atoms in total. The van der Waals surface area contributed by atoms with Crippen molar-refractivity contribution in [1.29, 1.82) is 0 Å². The van der Waals surface area contributed by atoms with Crippen LogP contribution in [0.2, 0.25) is 5.02 Å². The van der Waals surface area contributed by atoms with E-state index >= 15 is 0 Å². The monoisotopic (exact) mass is 405 g/mol. The number of alkyl halides is 3. The van der Waals surface area contributed by atoms with Crippen molar-refractivity contribution in [2.24, 2.45) is 11.1 Å². The van der Waals surface area contributed by atoms with Crippen LogP contribution in [0.5, 0.6) is 0 Å². The smallest absolute Gasteiger partial charge is 0.381 e. The molecule has 3 rings (SSSR count). The normalized spacial score (nSPS) is 21.8. The highest BCUT2D eigenvalue weighted by Gasteiger charge is 2.56.